The Labute approximate surface area is 157 Å². The molecule has 4 aliphatic carbocycles. The van der Waals surface area contributed by atoms with Crippen molar-refractivity contribution in [2.75, 3.05) is 0 Å². The summed E-state index contributed by atoms with van der Waals surface area (Å²) in [5, 5.41) is 0. The fourth-order valence-corrected chi connectivity index (χ4v) is 8.54. The zero-order valence-electron chi connectivity index (χ0n) is 17.2. The molecule has 0 radical (unpaired) electrons. The largest absolute Gasteiger partial charge is 0.0651 e. The Hall–Kier alpha value is 0. The molecule has 0 heteroatoms. The Morgan fingerprint density at radius 2 is 1.08 bits per heavy atom. The number of hydrogen-bond donors (Lipinski definition) is 0. The number of fused-ring (bicyclic) bond motifs is 2. The van der Waals surface area contributed by atoms with Crippen LogP contribution in [0.15, 0.2) is 0 Å². The maximum atomic E-state index is 2.71. The quantitative estimate of drug-likeness (QED) is 0.487. The van der Waals surface area contributed by atoms with E-state index in [0.717, 1.165) is 47.3 Å². The molecule has 0 heterocycles. The third-order valence-corrected chi connectivity index (χ3v) is 9.63. The Bertz CT molecular complexity index is 408. The lowest BCUT2D eigenvalue weighted by Crippen LogP contribution is -2.42. The second kappa shape index (κ2) is 8.35. The molecule has 0 aromatic heterocycles. The minimum absolute atomic E-state index is 1.00. The lowest BCUT2D eigenvalue weighted by molar-refractivity contribution is -0.00725. The average Bonchev–Trinajstić information content (AvgIpc) is 2.68. The molecule has 8 atom stereocenters. The Morgan fingerprint density at radius 3 is 1.68 bits per heavy atom. The summed E-state index contributed by atoms with van der Waals surface area (Å²) in [4.78, 5) is 0. The van der Waals surface area contributed by atoms with E-state index in [2.05, 4.69) is 13.8 Å². The van der Waals surface area contributed by atoms with Gasteiger partial charge in [-0.05, 0) is 73.0 Å². The molecule has 4 rings (SSSR count). The van der Waals surface area contributed by atoms with Crippen LogP contribution >= 0.6 is 0 Å². The van der Waals surface area contributed by atoms with Crippen LogP contribution in [0.5, 0.6) is 0 Å². The van der Waals surface area contributed by atoms with Crippen molar-refractivity contribution < 1.29 is 0 Å². The van der Waals surface area contributed by atoms with Crippen LogP contribution in [0, 0.1) is 47.3 Å². The molecule has 0 nitrogen and oxygen atoms in total. The standard InChI is InChI=1S/C25H44/c1-3-21(25-17-9-13-20-11-5-7-15-24(20)25)18(2)22-16-8-12-19-10-4-6-14-23(19)22/h18-25H,3-17H2,1-2H3. The van der Waals surface area contributed by atoms with Gasteiger partial charge in [0.2, 0.25) is 0 Å². The summed E-state index contributed by atoms with van der Waals surface area (Å²) in [6.07, 6.45) is 23.3. The van der Waals surface area contributed by atoms with E-state index in [4.69, 9.17) is 0 Å². The molecule has 0 amide bonds. The van der Waals surface area contributed by atoms with Gasteiger partial charge in [0, 0.05) is 0 Å². The van der Waals surface area contributed by atoms with Crippen LogP contribution in [0.2, 0.25) is 0 Å². The van der Waals surface area contributed by atoms with Crippen LogP contribution < -0.4 is 0 Å². The summed E-state index contributed by atoms with van der Waals surface area (Å²) < 4.78 is 0. The molecule has 4 aliphatic rings. The van der Waals surface area contributed by atoms with Crippen molar-refractivity contribution in [2.45, 2.75) is 110 Å². The topological polar surface area (TPSA) is 0 Å². The van der Waals surface area contributed by atoms with Crippen molar-refractivity contribution in [3.05, 3.63) is 0 Å². The van der Waals surface area contributed by atoms with E-state index in [1.807, 2.05) is 0 Å². The van der Waals surface area contributed by atoms with Gasteiger partial charge in [0.25, 0.3) is 0 Å². The Balaban J connectivity index is 1.49. The Kier molecular flexibility index (Phi) is 6.13. The fourth-order valence-electron chi connectivity index (χ4n) is 8.54. The molecular weight excluding hydrogens is 300 g/mol. The minimum atomic E-state index is 1.00. The molecule has 4 saturated carbocycles. The zero-order valence-corrected chi connectivity index (χ0v) is 17.2. The highest BCUT2D eigenvalue weighted by atomic mass is 14.5. The lowest BCUT2D eigenvalue weighted by Gasteiger charge is -2.50. The van der Waals surface area contributed by atoms with E-state index in [9.17, 15) is 0 Å². The van der Waals surface area contributed by atoms with Gasteiger partial charge < -0.3 is 0 Å². The highest BCUT2D eigenvalue weighted by molar-refractivity contribution is 4.94. The maximum Gasteiger partial charge on any atom is -0.0352 e. The van der Waals surface area contributed by atoms with Gasteiger partial charge in [0.15, 0.2) is 0 Å². The monoisotopic (exact) mass is 344 g/mol. The van der Waals surface area contributed by atoms with Gasteiger partial charge in [-0.25, -0.2) is 0 Å². The first-order valence-electron chi connectivity index (χ1n) is 12.3. The van der Waals surface area contributed by atoms with E-state index in [1.165, 1.54) is 32.1 Å². The van der Waals surface area contributed by atoms with Gasteiger partial charge in [0.1, 0.15) is 0 Å². The molecule has 0 bridgehead atoms. The second-order valence-corrected chi connectivity index (χ2v) is 10.5. The van der Waals surface area contributed by atoms with Gasteiger partial charge in [-0.1, -0.05) is 84.5 Å². The summed E-state index contributed by atoms with van der Waals surface area (Å²) in [7, 11) is 0. The van der Waals surface area contributed by atoms with Crippen molar-refractivity contribution in [3.63, 3.8) is 0 Å². The highest BCUT2D eigenvalue weighted by Gasteiger charge is 2.44. The van der Waals surface area contributed by atoms with Crippen LogP contribution in [0.3, 0.4) is 0 Å². The van der Waals surface area contributed by atoms with Crippen molar-refractivity contribution in [2.24, 2.45) is 47.3 Å². The molecule has 0 spiro atoms. The molecule has 25 heavy (non-hydrogen) atoms. The molecule has 0 saturated heterocycles. The summed E-state index contributed by atoms with van der Waals surface area (Å²) in [5.74, 6) is 8.65. The first-order valence-corrected chi connectivity index (χ1v) is 12.3. The summed E-state index contributed by atoms with van der Waals surface area (Å²) in [5.41, 5.74) is 0. The second-order valence-electron chi connectivity index (χ2n) is 10.5. The van der Waals surface area contributed by atoms with E-state index >= 15 is 0 Å². The predicted octanol–water partition coefficient (Wildman–Crippen LogP) is 7.86. The summed E-state index contributed by atoms with van der Waals surface area (Å²) in [6, 6.07) is 0. The first-order chi connectivity index (χ1) is 12.3. The highest BCUT2D eigenvalue weighted by Crippen LogP contribution is 2.53. The smallest absolute Gasteiger partial charge is 0.0352 e. The molecular formula is C25H44. The van der Waals surface area contributed by atoms with Gasteiger partial charge in [-0.3, -0.25) is 0 Å². The minimum Gasteiger partial charge on any atom is -0.0651 e. The average molecular weight is 345 g/mol. The first kappa shape index (κ1) is 18.4. The molecule has 0 aliphatic heterocycles. The van der Waals surface area contributed by atoms with E-state index in [1.54, 1.807) is 64.2 Å². The van der Waals surface area contributed by atoms with Crippen molar-refractivity contribution >= 4 is 0 Å². The van der Waals surface area contributed by atoms with Crippen LogP contribution in [-0.2, 0) is 0 Å². The number of hydrogen-bond acceptors (Lipinski definition) is 0. The van der Waals surface area contributed by atoms with Crippen LogP contribution in [-0.4, -0.2) is 0 Å². The lowest BCUT2D eigenvalue weighted by atomic mass is 9.55. The van der Waals surface area contributed by atoms with Crippen LogP contribution in [0.25, 0.3) is 0 Å². The van der Waals surface area contributed by atoms with E-state index < -0.39 is 0 Å². The third-order valence-electron chi connectivity index (χ3n) is 9.63. The van der Waals surface area contributed by atoms with Gasteiger partial charge in [-0.15, -0.1) is 0 Å². The van der Waals surface area contributed by atoms with Crippen molar-refractivity contribution in [1.29, 1.82) is 0 Å². The molecule has 8 unspecified atom stereocenters. The fraction of sp³-hybridized carbons (Fsp3) is 1.00. The summed E-state index contributed by atoms with van der Waals surface area (Å²) in [6.45, 7) is 5.25. The van der Waals surface area contributed by atoms with Gasteiger partial charge >= 0.3 is 0 Å². The normalized spacial score (nSPS) is 44.4. The molecule has 0 aromatic carbocycles. The SMILES string of the molecule is CCC(C(C)C1CCCC2CCCCC21)C1CCCC2CCCCC21. The third kappa shape index (κ3) is 3.70. The van der Waals surface area contributed by atoms with Crippen molar-refractivity contribution in [1.82, 2.24) is 0 Å². The maximum absolute atomic E-state index is 2.71. The van der Waals surface area contributed by atoms with E-state index in [-0.39, 0.29) is 0 Å². The zero-order chi connectivity index (χ0) is 17.2. The number of rotatable bonds is 4. The predicted molar refractivity (Wildman–Crippen MR) is 109 cm³/mol. The molecule has 144 valence electrons. The molecule has 0 N–H and O–H groups in total. The molecule has 4 fully saturated rings. The van der Waals surface area contributed by atoms with Crippen LogP contribution in [0.1, 0.15) is 110 Å². The molecule has 0 aromatic rings. The van der Waals surface area contributed by atoms with Gasteiger partial charge in [0.05, 0.1) is 0 Å². The van der Waals surface area contributed by atoms with Gasteiger partial charge in [-0.2, -0.15) is 0 Å². The summed E-state index contributed by atoms with van der Waals surface area (Å²) >= 11 is 0. The van der Waals surface area contributed by atoms with Crippen LogP contribution in [0.4, 0.5) is 0 Å². The Morgan fingerprint density at radius 1 is 0.600 bits per heavy atom. The van der Waals surface area contributed by atoms with Crippen molar-refractivity contribution in [3.8, 4) is 0 Å². The van der Waals surface area contributed by atoms with E-state index in [0.29, 0.717) is 0 Å².